The third-order valence-electron chi connectivity index (χ3n) is 4.01. The van der Waals surface area contributed by atoms with E-state index in [1.807, 2.05) is 22.6 Å². The average Bonchev–Trinajstić information content (AvgIpc) is 3.28. The number of nitrogens with zero attached hydrogens (tertiary/aromatic N) is 4. The number of nitrogens with one attached hydrogen (secondary N) is 2. The summed E-state index contributed by atoms with van der Waals surface area (Å²) in [6.07, 6.45) is 5.26. The zero-order chi connectivity index (χ0) is 18.1. The van der Waals surface area contributed by atoms with E-state index in [-0.39, 0.29) is 17.9 Å². The van der Waals surface area contributed by atoms with Gasteiger partial charge in [-0.3, -0.25) is 4.40 Å². The second-order valence-corrected chi connectivity index (χ2v) is 7.41. The Kier molecular flexibility index (Phi) is 3.91. The molecule has 8 nitrogen and oxygen atoms in total. The summed E-state index contributed by atoms with van der Waals surface area (Å²) < 4.78 is 29.2. The van der Waals surface area contributed by atoms with Crippen molar-refractivity contribution >= 4 is 26.8 Å². The van der Waals surface area contributed by atoms with E-state index in [0.717, 1.165) is 16.9 Å². The van der Waals surface area contributed by atoms with Gasteiger partial charge in [0.2, 0.25) is 10.0 Å². The number of sulfonamides is 1. The van der Waals surface area contributed by atoms with Crippen LogP contribution in [0.25, 0.3) is 28.1 Å². The predicted molar refractivity (Wildman–Crippen MR) is 95.7 cm³/mol. The highest BCUT2D eigenvalue weighted by Crippen LogP contribution is 2.26. The Balaban J connectivity index is 1.82. The van der Waals surface area contributed by atoms with Crippen molar-refractivity contribution in [2.24, 2.45) is 0 Å². The van der Waals surface area contributed by atoms with Crippen LogP contribution in [0, 0.1) is 11.3 Å². The van der Waals surface area contributed by atoms with Gasteiger partial charge in [-0.1, -0.05) is 12.1 Å². The van der Waals surface area contributed by atoms with Crippen LogP contribution in [0.2, 0.25) is 0 Å². The van der Waals surface area contributed by atoms with Crippen molar-refractivity contribution in [1.82, 2.24) is 24.1 Å². The molecule has 0 bridgehead atoms. The number of nitriles is 1. The number of rotatable bonds is 5. The van der Waals surface area contributed by atoms with Crippen LogP contribution in [-0.4, -0.2) is 34.3 Å². The summed E-state index contributed by atoms with van der Waals surface area (Å²) in [4.78, 5) is 11.9. The minimum atomic E-state index is -3.68. The molecule has 4 aromatic rings. The number of imidazole rings is 1. The average molecular weight is 366 g/mol. The topological polar surface area (TPSA) is 116 Å². The van der Waals surface area contributed by atoms with Gasteiger partial charge in [0.05, 0.1) is 34.6 Å². The van der Waals surface area contributed by atoms with Gasteiger partial charge in [0.1, 0.15) is 0 Å². The van der Waals surface area contributed by atoms with E-state index in [1.54, 1.807) is 30.7 Å². The van der Waals surface area contributed by atoms with Crippen molar-refractivity contribution in [2.45, 2.75) is 11.3 Å². The molecule has 0 atom stereocenters. The Morgan fingerprint density at radius 2 is 2.12 bits per heavy atom. The van der Waals surface area contributed by atoms with Crippen molar-refractivity contribution in [3.8, 4) is 17.3 Å². The van der Waals surface area contributed by atoms with Gasteiger partial charge >= 0.3 is 0 Å². The summed E-state index contributed by atoms with van der Waals surface area (Å²) in [5.74, 6) is 0. The molecule has 2 N–H and O–H groups in total. The van der Waals surface area contributed by atoms with Gasteiger partial charge in [-0.2, -0.15) is 5.26 Å². The molecule has 0 amide bonds. The summed E-state index contributed by atoms with van der Waals surface area (Å²) in [5.41, 5.74) is 3.73. The van der Waals surface area contributed by atoms with Crippen LogP contribution < -0.4 is 4.72 Å². The lowest BCUT2D eigenvalue weighted by Gasteiger charge is -2.08. The van der Waals surface area contributed by atoms with E-state index in [0.29, 0.717) is 11.2 Å². The van der Waals surface area contributed by atoms with Crippen LogP contribution in [0.15, 0.2) is 53.8 Å². The Labute approximate surface area is 149 Å². The standard InChI is InChI=1S/C17H14N6O2S/c18-6-2-7-22-26(24,25)13-4-1-3-12(9-13)15-10-20-16-11-21-17-14(23(15)16)5-8-19-17/h1,3-5,8-11,19,22H,2,7H2. The smallest absolute Gasteiger partial charge is 0.240 e. The highest BCUT2D eigenvalue weighted by Gasteiger charge is 2.16. The first-order chi connectivity index (χ1) is 12.6. The first-order valence-corrected chi connectivity index (χ1v) is 9.35. The number of aromatic amines is 1. The molecule has 3 aromatic heterocycles. The highest BCUT2D eigenvalue weighted by molar-refractivity contribution is 7.89. The van der Waals surface area contributed by atoms with Gasteiger partial charge < -0.3 is 4.98 Å². The number of aromatic nitrogens is 4. The van der Waals surface area contributed by atoms with Crippen molar-refractivity contribution in [3.05, 3.63) is 48.9 Å². The predicted octanol–water partition coefficient (Wildman–Crippen LogP) is 2.07. The molecule has 0 aliphatic carbocycles. The second kappa shape index (κ2) is 6.25. The van der Waals surface area contributed by atoms with Gasteiger partial charge in [0.15, 0.2) is 11.3 Å². The van der Waals surface area contributed by atoms with Gasteiger partial charge in [0.25, 0.3) is 0 Å². The fourth-order valence-corrected chi connectivity index (χ4v) is 3.90. The molecule has 0 aliphatic heterocycles. The Bertz CT molecular complexity index is 1250. The lowest BCUT2D eigenvalue weighted by molar-refractivity contribution is 0.582. The summed E-state index contributed by atoms with van der Waals surface area (Å²) in [6, 6.07) is 10.4. The monoisotopic (exact) mass is 366 g/mol. The molecular weight excluding hydrogens is 352 g/mol. The quantitative estimate of drug-likeness (QED) is 0.525. The number of benzene rings is 1. The van der Waals surface area contributed by atoms with Gasteiger partial charge in [0, 0.05) is 24.7 Å². The molecule has 9 heteroatoms. The molecule has 0 saturated heterocycles. The van der Waals surface area contributed by atoms with Crippen LogP contribution in [0.4, 0.5) is 0 Å². The van der Waals surface area contributed by atoms with Crippen LogP contribution in [0.5, 0.6) is 0 Å². The molecule has 26 heavy (non-hydrogen) atoms. The van der Waals surface area contributed by atoms with Gasteiger partial charge in [-0.05, 0) is 18.2 Å². The molecule has 0 saturated carbocycles. The lowest BCUT2D eigenvalue weighted by atomic mass is 10.2. The maximum Gasteiger partial charge on any atom is 0.240 e. The fraction of sp³-hybridized carbons (Fsp3) is 0.118. The Hall–Kier alpha value is -3.22. The summed E-state index contributed by atoms with van der Waals surface area (Å²) in [6.45, 7) is 0.0777. The van der Waals surface area contributed by atoms with E-state index >= 15 is 0 Å². The summed E-state index contributed by atoms with van der Waals surface area (Å²) in [5, 5.41) is 8.57. The number of fused-ring (bicyclic) bond motifs is 3. The van der Waals surface area contributed by atoms with Crippen LogP contribution >= 0.6 is 0 Å². The Morgan fingerprint density at radius 1 is 1.23 bits per heavy atom. The molecule has 4 rings (SSSR count). The van der Waals surface area contributed by atoms with Crippen molar-refractivity contribution in [2.75, 3.05) is 6.54 Å². The zero-order valence-corrected chi connectivity index (χ0v) is 14.4. The third kappa shape index (κ3) is 2.71. The molecule has 0 fully saturated rings. The summed E-state index contributed by atoms with van der Waals surface area (Å²) >= 11 is 0. The van der Waals surface area contributed by atoms with E-state index in [1.165, 1.54) is 6.07 Å². The number of H-pyrrole nitrogens is 1. The van der Waals surface area contributed by atoms with E-state index in [2.05, 4.69) is 19.7 Å². The van der Waals surface area contributed by atoms with Crippen LogP contribution in [0.3, 0.4) is 0 Å². The molecule has 130 valence electrons. The molecule has 0 spiro atoms. The SMILES string of the molecule is N#CCCNS(=O)(=O)c1cccc(-c2cnc3cnc4[nH]ccc4n23)c1. The second-order valence-electron chi connectivity index (χ2n) is 5.64. The van der Waals surface area contributed by atoms with E-state index in [4.69, 9.17) is 5.26 Å². The minimum Gasteiger partial charge on any atom is -0.345 e. The van der Waals surface area contributed by atoms with Crippen molar-refractivity contribution in [3.63, 3.8) is 0 Å². The molecule has 0 unspecified atom stereocenters. The lowest BCUT2D eigenvalue weighted by Crippen LogP contribution is -2.24. The van der Waals surface area contributed by atoms with Crippen LogP contribution in [-0.2, 0) is 10.0 Å². The highest BCUT2D eigenvalue weighted by atomic mass is 32.2. The molecule has 1 aromatic carbocycles. The third-order valence-corrected chi connectivity index (χ3v) is 5.47. The maximum atomic E-state index is 12.4. The molecular formula is C17H14N6O2S. The number of hydrogen-bond donors (Lipinski definition) is 2. The molecule has 3 heterocycles. The van der Waals surface area contributed by atoms with Crippen LogP contribution in [0.1, 0.15) is 6.42 Å². The van der Waals surface area contributed by atoms with Crippen molar-refractivity contribution in [1.29, 1.82) is 5.26 Å². The maximum absolute atomic E-state index is 12.4. The fourth-order valence-electron chi connectivity index (χ4n) is 2.82. The first kappa shape index (κ1) is 16.3. The Morgan fingerprint density at radius 3 is 2.96 bits per heavy atom. The molecule has 0 aliphatic rings. The number of hydrogen-bond acceptors (Lipinski definition) is 5. The first-order valence-electron chi connectivity index (χ1n) is 7.87. The summed E-state index contributed by atoms with van der Waals surface area (Å²) in [7, 11) is -3.68. The van der Waals surface area contributed by atoms with Gasteiger partial charge in [-0.25, -0.2) is 23.1 Å². The zero-order valence-electron chi connectivity index (χ0n) is 13.5. The van der Waals surface area contributed by atoms with Gasteiger partial charge in [-0.15, -0.1) is 0 Å². The minimum absolute atomic E-state index is 0.0777. The van der Waals surface area contributed by atoms with E-state index < -0.39 is 10.0 Å². The normalized spacial score (nSPS) is 11.8. The largest absolute Gasteiger partial charge is 0.345 e. The van der Waals surface area contributed by atoms with Crippen molar-refractivity contribution < 1.29 is 8.42 Å². The molecule has 0 radical (unpaired) electrons. The van der Waals surface area contributed by atoms with E-state index in [9.17, 15) is 8.42 Å².